The third-order valence-corrected chi connectivity index (χ3v) is 3.99. The van der Waals surface area contributed by atoms with Crippen LogP contribution in [0.4, 0.5) is 4.79 Å². The molecule has 102 valence electrons. The van der Waals surface area contributed by atoms with E-state index in [1.807, 2.05) is 23.1 Å². The highest BCUT2D eigenvalue weighted by molar-refractivity contribution is 5.71. The number of cyclic esters (lactones) is 1. The lowest BCUT2D eigenvalue weighted by Gasteiger charge is -2.20. The molecular formula is C14H17NO4. The Morgan fingerprint density at radius 2 is 2.16 bits per heavy atom. The van der Waals surface area contributed by atoms with Crippen molar-refractivity contribution < 1.29 is 19.0 Å². The number of ether oxygens (including phenoxy) is 3. The predicted octanol–water partition coefficient (Wildman–Crippen LogP) is 2.01. The largest absolute Gasteiger partial charge is 0.497 e. The maximum absolute atomic E-state index is 11.6. The van der Waals surface area contributed by atoms with Gasteiger partial charge in [0.25, 0.3) is 0 Å². The molecular weight excluding hydrogens is 246 g/mol. The van der Waals surface area contributed by atoms with Crippen molar-refractivity contribution in [1.29, 1.82) is 0 Å². The summed E-state index contributed by atoms with van der Waals surface area (Å²) in [7, 11) is 3.31. The Hall–Kier alpha value is -1.91. The SMILES string of the molecule is COc1ccc(OC)c(C2CCN3C(=O)OCC23)c1. The van der Waals surface area contributed by atoms with Gasteiger partial charge in [-0.25, -0.2) is 4.79 Å². The summed E-state index contributed by atoms with van der Waals surface area (Å²) in [6, 6.07) is 5.91. The monoisotopic (exact) mass is 263 g/mol. The molecule has 0 spiro atoms. The van der Waals surface area contributed by atoms with Crippen LogP contribution >= 0.6 is 0 Å². The number of benzene rings is 1. The van der Waals surface area contributed by atoms with Crippen molar-refractivity contribution in [3.63, 3.8) is 0 Å². The lowest BCUT2D eigenvalue weighted by Crippen LogP contribution is -2.29. The van der Waals surface area contributed by atoms with Crippen LogP contribution < -0.4 is 9.47 Å². The Morgan fingerprint density at radius 3 is 2.89 bits per heavy atom. The van der Waals surface area contributed by atoms with E-state index in [2.05, 4.69) is 0 Å². The van der Waals surface area contributed by atoms with Crippen molar-refractivity contribution in [2.45, 2.75) is 18.4 Å². The fourth-order valence-corrected chi connectivity index (χ4v) is 3.02. The number of fused-ring (bicyclic) bond motifs is 1. The van der Waals surface area contributed by atoms with E-state index in [0.29, 0.717) is 6.61 Å². The van der Waals surface area contributed by atoms with Crippen LogP contribution in [0.25, 0.3) is 0 Å². The molecule has 2 unspecified atom stereocenters. The van der Waals surface area contributed by atoms with Gasteiger partial charge < -0.3 is 19.1 Å². The van der Waals surface area contributed by atoms with Crippen LogP contribution in [0.5, 0.6) is 11.5 Å². The number of rotatable bonds is 3. The number of hydrogen-bond acceptors (Lipinski definition) is 4. The molecule has 3 rings (SSSR count). The molecule has 2 aliphatic heterocycles. The fourth-order valence-electron chi connectivity index (χ4n) is 3.02. The van der Waals surface area contributed by atoms with Gasteiger partial charge in [0.15, 0.2) is 0 Å². The molecule has 19 heavy (non-hydrogen) atoms. The predicted molar refractivity (Wildman–Crippen MR) is 68.7 cm³/mol. The van der Waals surface area contributed by atoms with E-state index in [-0.39, 0.29) is 18.1 Å². The summed E-state index contributed by atoms with van der Waals surface area (Å²) >= 11 is 0. The van der Waals surface area contributed by atoms with E-state index in [4.69, 9.17) is 14.2 Å². The number of nitrogens with zero attached hydrogens (tertiary/aromatic N) is 1. The van der Waals surface area contributed by atoms with E-state index in [1.165, 1.54) is 0 Å². The summed E-state index contributed by atoms with van der Waals surface area (Å²) in [6.45, 7) is 1.21. The Bertz CT molecular complexity index is 502. The number of hydrogen-bond donors (Lipinski definition) is 0. The second kappa shape index (κ2) is 4.64. The molecule has 0 bridgehead atoms. The minimum Gasteiger partial charge on any atom is -0.497 e. The molecule has 1 amide bonds. The second-order valence-electron chi connectivity index (χ2n) is 4.84. The third kappa shape index (κ3) is 1.89. The number of methoxy groups -OCH3 is 2. The van der Waals surface area contributed by atoms with Crippen molar-refractivity contribution in [1.82, 2.24) is 4.90 Å². The maximum atomic E-state index is 11.6. The quantitative estimate of drug-likeness (QED) is 0.837. The minimum atomic E-state index is -0.200. The molecule has 5 heteroatoms. The normalized spacial score (nSPS) is 25.2. The van der Waals surface area contributed by atoms with Crippen molar-refractivity contribution in [2.24, 2.45) is 0 Å². The highest BCUT2D eigenvalue weighted by Gasteiger charge is 2.44. The summed E-state index contributed by atoms with van der Waals surface area (Å²) < 4.78 is 15.8. The zero-order chi connectivity index (χ0) is 13.4. The Kier molecular flexibility index (Phi) is 2.97. The van der Waals surface area contributed by atoms with E-state index in [1.54, 1.807) is 14.2 Å². The number of carbonyl (C=O) groups is 1. The average Bonchev–Trinajstić information content (AvgIpc) is 3.01. The van der Waals surface area contributed by atoms with Gasteiger partial charge in [0.1, 0.15) is 18.1 Å². The first-order valence-electron chi connectivity index (χ1n) is 6.40. The summed E-state index contributed by atoms with van der Waals surface area (Å²) in [5, 5.41) is 0. The molecule has 0 aromatic heterocycles. The standard InChI is InChI=1S/C14H17NO4/c1-17-9-3-4-13(18-2)11(7-9)10-5-6-15-12(10)8-19-14(15)16/h3-4,7,10,12H,5-6,8H2,1-2H3. The van der Waals surface area contributed by atoms with Gasteiger partial charge in [-0.05, 0) is 24.6 Å². The summed E-state index contributed by atoms with van der Waals surface area (Å²) in [5.41, 5.74) is 1.09. The van der Waals surface area contributed by atoms with Crippen molar-refractivity contribution in [3.8, 4) is 11.5 Å². The molecule has 1 aromatic rings. The van der Waals surface area contributed by atoms with Crippen LogP contribution in [0.2, 0.25) is 0 Å². The number of amides is 1. The zero-order valence-corrected chi connectivity index (χ0v) is 11.1. The Balaban J connectivity index is 1.95. The first-order valence-corrected chi connectivity index (χ1v) is 6.40. The van der Waals surface area contributed by atoms with Gasteiger partial charge >= 0.3 is 6.09 Å². The van der Waals surface area contributed by atoms with E-state index < -0.39 is 0 Å². The van der Waals surface area contributed by atoms with Crippen LogP contribution in [0.15, 0.2) is 18.2 Å². The molecule has 0 N–H and O–H groups in total. The van der Waals surface area contributed by atoms with Crippen LogP contribution in [0.3, 0.4) is 0 Å². The topological polar surface area (TPSA) is 48.0 Å². The van der Waals surface area contributed by atoms with Gasteiger partial charge in [-0.3, -0.25) is 0 Å². The van der Waals surface area contributed by atoms with Crippen LogP contribution in [-0.4, -0.2) is 44.4 Å². The highest BCUT2D eigenvalue weighted by atomic mass is 16.6. The van der Waals surface area contributed by atoms with Crippen molar-refractivity contribution in [2.75, 3.05) is 27.4 Å². The molecule has 0 saturated carbocycles. The summed E-state index contributed by atoms with van der Waals surface area (Å²) in [6.07, 6.45) is 0.734. The average molecular weight is 263 g/mol. The van der Waals surface area contributed by atoms with Crippen LogP contribution in [0, 0.1) is 0 Å². The molecule has 2 heterocycles. The van der Waals surface area contributed by atoms with E-state index in [0.717, 1.165) is 30.0 Å². The number of carbonyl (C=O) groups excluding carboxylic acids is 1. The van der Waals surface area contributed by atoms with Crippen LogP contribution in [0.1, 0.15) is 17.9 Å². The first kappa shape index (κ1) is 12.1. The molecule has 0 radical (unpaired) electrons. The first-order chi connectivity index (χ1) is 9.24. The maximum Gasteiger partial charge on any atom is 0.410 e. The lowest BCUT2D eigenvalue weighted by molar-refractivity contribution is 0.159. The smallest absolute Gasteiger partial charge is 0.410 e. The van der Waals surface area contributed by atoms with Gasteiger partial charge in [-0.2, -0.15) is 0 Å². The van der Waals surface area contributed by atoms with E-state index in [9.17, 15) is 4.79 Å². The highest BCUT2D eigenvalue weighted by Crippen LogP contribution is 2.41. The molecule has 2 saturated heterocycles. The molecule has 0 aliphatic carbocycles. The summed E-state index contributed by atoms with van der Waals surface area (Å²) in [5.74, 6) is 1.89. The van der Waals surface area contributed by atoms with Gasteiger partial charge in [-0.15, -0.1) is 0 Å². The minimum absolute atomic E-state index is 0.119. The van der Waals surface area contributed by atoms with Gasteiger partial charge in [-0.1, -0.05) is 0 Å². The molecule has 2 atom stereocenters. The third-order valence-electron chi connectivity index (χ3n) is 3.99. The second-order valence-corrected chi connectivity index (χ2v) is 4.84. The molecule has 1 aromatic carbocycles. The van der Waals surface area contributed by atoms with Crippen molar-refractivity contribution >= 4 is 6.09 Å². The molecule has 2 aliphatic rings. The fraction of sp³-hybridized carbons (Fsp3) is 0.500. The summed E-state index contributed by atoms with van der Waals surface area (Å²) in [4.78, 5) is 13.4. The van der Waals surface area contributed by atoms with Gasteiger partial charge in [0.05, 0.1) is 20.3 Å². The Labute approximate surface area is 112 Å². The Morgan fingerprint density at radius 1 is 1.32 bits per heavy atom. The van der Waals surface area contributed by atoms with Crippen LogP contribution in [-0.2, 0) is 4.74 Å². The molecule has 2 fully saturated rings. The van der Waals surface area contributed by atoms with Gasteiger partial charge in [0.2, 0.25) is 0 Å². The molecule has 5 nitrogen and oxygen atoms in total. The lowest BCUT2D eigenvalue weighted by atomic mass is 9.91. The van der Waals surface area contributed by atoms with Crippen molar-refractivity contribution in [3.05, 3.63) is 23.8 Å². The zero-order valence-electron chi connectivity index (χ0n) is 11.1. The van der Waals surface area contributed by atoms with E-state index >= 15 is 0 Å². The van der Waals surface area contributed by atoms with Gasteiger partial charge in [0, 0.05) is 18.0 Å².